The summed E-state index contributed by atoms with van der Waals surface area (Å²) < 4.78 is 5.53. The third-order valence-electron chi connectivity index (χ3n) is 10.6. The van der Waals surface area contributed by atoms with Crippen LogP contribution < -0.4 is 32.7 Å². The molecule has 1 aromatic carbocycles. The topological polar surface area (TPSA) is 380 Å². The number of hydrogen-bond acceptors (Lipinski definition) is 17. The number of nitrogens with two attached hydrogens (primary N) is 2. The van der Waals surface area contributed by atoms with Crippen molar-refractivity contribution in [2.45, 2.75) is 119 Å². The molecule has 0 bridgehead atoms. The van der Waals surface area contributed by atoms with Crippen LogP contribution in [0.5, 0.6) is 5.75 Å². The molecular weight excluding hydrogens is 784 g/mol. The second-order valence-corrected chi connectivity index (χ2v) is 15.3. The molecule has 23 heteroatoms. The molecule has 15 atom stereocenters. The number of amides is 6. The summed E-state index contributed by atoms with van der Waals surface area (Å²) in [7, 11) is 0. The lowest BCUT2D eigenvalue weighted by molar-refractivity contribution is -0.149. The molecule has 0 aromatic heterocycles. The largest absolute Gasteiger partial charge is 0.508 e. The minimum absolute atomic E-state index is 0.0440. The highest BCUT2D eigenvalue weighted by Gasteiger charge is 2.50. The van der Waals surface area contributed by atoms with Gasteiger partial charge >= 0.3 is 0 Å². The van der Waals surface area contributed by atoms with Gasteiger partial charge in [0.1, 0.15) is 54.3 Å². The van der Waals surface area contributed by atoms with Crippen molar-refractivity contribution in [1.29, 1.82) is 0 Å². The summed E-state index contributed by atoms with van der Waals surface area (Å²) >= 11 is 0. The number of benzene rings is 1. The molecule has 0 saturated carbocycles. The van der Waals surface area contributed by atoms with Gasteiger partial charge in [0, 0.05) is 38.4 Å². The zero-order valence-corrected chi connectivity index (χ0v) is 32.7. The Balaban J connectivity index is 1.82. The van der Waals surface area contributed by atoms with Gasteiger partial charge in [-0.3, -0.25) is 28.8 Å². The lowest BCUT2D eigenvalue weighted by atomic mass is 9.96. The number of ether oxygens (including phenoxy) is 1. The van der Waals surface area contributed by atoms with Crippen molar-refractivity contribution in [3.05, 3.63) is 29.8 Å². The average Bonchev–Trinajstić information content (AvgIpc) is 3.72. The van der Waals surface area contributed by atoms with Gasteiger partial charge in [-0.15, -0.1) is 0 Å². The smallest absolute Gasteiger partial charge is 0.248 e. The molecule has 330 valence electrons. The molecule has 0 spiro atoms. The molecule has 7 unspecified atom stereocenters. The Hall–Kier alpha value is -4.56. The second kappa shape index (κ2) is 20.1. The first-order chi connectivity index (χ1) is 27.7. The molecule has 3 heterocycles. The molecule has 3 saturated heterocycles. The van der Waals surface area contributed by atoms with E-state index in [-0.39, 0.29) is 31.0 Å². The third kappa shape index (κ3) is 11.0. The van der Waals surface area contributed by atoms with E-state index in [0.717, 1.165) is 23.6 Å². The van der Waals surface area contributed by atoms with E-state index >= 15 is 0 Å². The van der Waals surface area contributed by atoms with Crippen molar-refractivity contribution < 1.29 is 74.4 Å². The molecule has 16 N–H and O–H groups in total. The van der Waals surface area contributed by atoms with Crippen LogP contribution in [0.2, 0.25) is 0 Å². The number of phenolic OH excluding ortho intramolecular Hbond substituents is 1. The van der Waals surface area contributed by atoms with Crippen molar-refractivity contribution >= 4 is 35.4 Å². The third-order valence-corrected chi connectivity index (χ3v) is 10.6. The van der Waals surface area contributed by atoms with E-state index in [9.17, 15) is 69.6 Å². The molecule has 3 fully saturated rings. The number of aliphatic hydroxyl groups excluding tert-OH is 7. The highest BCUT2D eigenvalue weighted by molar-refractivity contribution is 5.98. The molecule has 4 rings (SSSR count). The number of aliphatic hydroxyl groups is 7. The van der Waals surface area contributed by atoms with Gasteiger partial charge < -0.3 is 88.1 Å². The van der Waals surface area contributed by atoms with Crippen LogP contribution in [-0.4, -0.2) is 191 Å². The van der Waals surface area contributed by atoms with Gasteiger partial charge in [0.05, 0.1) is 37.1 Å². The fourth-order valence-corrected chi connectivity index (χ4v) is 7.26. The summed E-state index contributed by atoms with van der Waals surface area (Å²) in [5.74, 6) is -7.86. The second-order valence-electron chi connectivity index (χ2n) is 15.3. The first-order valence-electron chi connectivity index (χ1n) is 19.1. The molecule has 3 aliphatic rings. The number of carbonyl (C=O) groups is 6. The normalized spacial score (nSPS) is 34.0. The summed E-state index contributed by atoms with van der Waals surface area (Å²) in [6.45, 7) is 2.62. The van der Waals surface area contributed by atoms with E-state index in [2.05, 4.69) is 21.3 Å². The van der Waals surface area contributed by atoms with Crippen LogP contribution in [0.1, 0.15) is 45.3 Å². The predicted octanol–water partition coefficient (Wildman–Crippen LogP) is -7.32. The number of phenols is 1. The van der Waals surface area contributed by atoms with Crippen molar-refractivity contribution in [1.82, 2.24) is 31.1 Å². The maximum Gasteiger partial charge on any atom is 0.248 e. The summed E-state index contributed by atoms with van der Waals surface area (Å²) in [6, 6.07) is -6.11. The van der Waals surface area contributed by atoms with E-state index < -0.39 is 146 Å². The molecule has 1 aromatic rings. The molecule has 23 nitrogen and oxygen atoms in total. The Bertz CT molecular complexity index is 1670. The molecule has 3 aliphatic heterocycles. The molecule has 59 heavy (non-hydrogen) atoms. The average molecular weight is 841 g/mol. The van der Waals surface area contributed by atoms with Crippen molar-refractivity contribution in [2.24, 2.45) is 17.4 Å². The molecule has 6 amide bonds. The van der Waals surface area contributed by atoms with Crippen LogP contribution in [-0.2, 0) is 33.5 Å². The van der Waals surface area contributed by atoms with E-state index in [4.69, 9.17) is 16.2 Å². The minimum atomic E-state index is -2.24. The Morgan fingerprint density at radius 3 is 1.90 bits per heavy atom. The van der Waals surface area contributed by atoms with Gasteiger partial charge in [0.15, 0.2) is 6.23 Å². The lowest BCUT2D eigenvalue weighted by Gasteiger charge is -2.34. The van der Waals surface area contributed by atoms with Gasteiger partial charge in [-0.25, -0.2) is 0 Å². The van der Waals surface area contributed by atoms with Crippen molar-refractivity contribution in [3.8, 4) is 5.75 Å². The van der Waals surface area contributed by atoms with Crippen LogP contribution in [0.3, 0.4) is 0 Å². The first kappa shape index (κ1) is 47.1. The predicted molar refractivity (Wildman–Crippen MR) is 201 cm³/mol. The zero-order valence-electron chi connectivity index (χ0n) is 32.7. The highest BCUT2D eigenvalue weighted by Crippen LogP contribution is 2.27. The van der Waals surface area contributed by atoms with Crippen molar-refractivity contribution in [3.63, 3.8) is 0 Å². The Labute approximate surface area is 338 Å². The van der Waals surface area contributed by atoms with Gasteiger partial charge in [0.2, 0.25) is 35.4 Å². The van der Waals surface area contributed by atoms with Crippen LogP contribution >= 0.6 is 0 Å². The van der Waals surface area contributed by atoms with E-state index in [0.29, 0.717) is 0 Å². The molecular formula is C36H56N8O15. The van der Waals surface area contributed by atoms with Gasteiger partial charge in [0.25, 0.3) is 0 Å². The maximum absolute atomic E-state index is 14.2. The fraction of sp³-hybridized carbons (Fsp3) is 0.667. The maximum atomic E-state index is 14.2. The minimum Gasteiger partial charge on any atom is -0.508 e. The van der Waals surface area contributed by atoms with Gasteiger partial charge in [-0.2, -0.15) is 0 Å². The number of rotatable bonds is 8. The fourth-order valence-electron chi connectivity index (χ4n) is 7.26. The van der Waals surface area contributed by atoms with E-state index in [1.165, 1.54) is 31.2 Å². The monoisotopic (exact) mass is 840 g/mol. The number of carbonyl (C=O) groups excluding carboxylic acids is 6. The Morgan fingerprint density at radius 1 is 0.763 bits per heavy atom. The highest BCUT2D eigenvalue weighted by atomic mass is 16.5. The molecule has 0 aliphatic carbocycles. The van der Waals surface area contributed by atoms with Crippen LogP contribution in [0, 0.1) is 5.92 Å². The van der Waals surface area contributed by atoms with Crippen LogP contribution in [0.25, 0.3) is 0 Å². The van der Waals surface area contributed by atoms with Gasteiger partial charge in [-0.1, -0.05) is 19.1 Å². The standard InChI is InChI=1S/C36H56N8O15/c1-14-12-44-26(27(14)50)33(56)42-34(59-9-8-37)22(49)11-20(38)30(53)39-23(15(2)45)35(57)43-13-19(48)10-21(43)31(54)41-25(32(55)40-24(16(3)46)36(44)58)29(52)28(51)17-4-6-18(47)7-5-17/h4-7,14-16,19-29,34,45-52H,8-13,37-38H2,1-3H3,(H,39,53)(H,40,55)(H,41,54)(H,42,56)/t14-,15+,16+,19+,20?,21?,22+,23?,24?,25?,26?,27-,28-,29-,34?/m0/s1. The first-order valence-corrected chi connectivity index (χ1v) is 19.1. The number of hydrogen-bond donors (Lipinski definition) is 14. The van der Waals surface area contributed by atoms with Crippen molar-refractivity contribution in [2.75, 3.05) is 26.2 Å². The summed E-state index contributed by atoms with van der Waals surface area (Å²) in [4.78, 5) is 85.1. The number of fused-ring (bicyclic) bond motifs is 2. The Morgan fingerprint density at radius 2 is 1.32 bits per heavy atom. The number of aromatic hydroxyl groups is 1. The quantitative estimate of drug-likeness (QED) is 0.116. The van der Waals surface area contributed by atoms with E-state index in [1.54, 1.807) is 0 Å². The Kier molecular flexibility index (Phi) is 16.1. The molecule has 0 radical (unpaired) electrons. The van der Waals surface area contributed by atoms with Gasteiger partial charge in [-0.05, 0) is 31.5 Å². The summed E-state index contributed by atoms with van der Waals surface area (Å²) in [5.41, 5.74) is 11.6. The number of nitrogens with zero attached hydrogens (tertiary/aromatic N) is 2. The van der Waals surface area contributed by atoms with E-state index in [1.807, 2.05) is 0 Å². The van der Waals surface area contributed by atoms with Crippen LogP contribution in [0.15, 0.2) is 24.3 Å². The summed E-state index contributed by atoms with van der Waals surface area (Å²) in [5, 5.41) is 95.9. The lowest BCUT2D eigenvalue weighted by Crippen LogP contribution is -2.64. The SMILES string of the molecule is C[C@@H](O)C1NC(=O)C(N)C[C@@H](O)C(OCCN)NC(=O)C2[C@@H](O)[C@@H](C)CN2C(=O)C([C@@H](C)O)NC(=O)C([C@H](O)[C@@H](O)c2ccc(O)cc2)NC(=O)C2C[C@@H](O)CN2C1=O. The zero-order chi connectivity index (χ0) is 44.0. The number of nitrogens with one attached hydrogen (secondary N) is 4. The summed E-state index contributed by atoms with van der Waals surface area (Å²) in [6.07, 6.45) is -14.9. The van der Waals surface area contributed by atoms with Crippen LogP contribution in [0.4, 0.5) is 0 Å².